The molecule has 0 aromatic heterocycles. The Labute approximate surface area is 197 Å². The molecule has 3 aromatic rings. The van der Waals surface area contributed by atoms with E-state index in [0.717, 1.165) is 10.8 Å². The highest BCUT2D eigenvalue weighted by molar-refractivity contribution is 7.80. The lowest BCUT2D eigenvalue weighted by molar-refractivity contribution is -0.385. The largest absolute Gasteiger partial charge is 0.339 e. The van der Waals surface area contributed by atoms with E-state index >= 15 is 0 Å². The lowest BCUT2D eigenvalue weighted by Crippen LogP contribution is -2.56. The van der Waals surface area contributed by atoms with Crippen molar-refractivity contribution >= 4 is 80.2 Å². The lowest BCUT2D eigenvalue weighted by atomic mass is 10.1. The van der Waals surface area contributed by atoms with Crippen LogP contribution in [-0.4, -0.2) is 25.9 Å². The Morgan fingerprint density at radius 2 is 1.61 bits per heavy atom. The van der Waals surface area contributed by atoms with Crippen molar-refractivity contribution in [1.82, 2.24) is 10.6 Å². The zero-order chi connectivity index (χ0) is 22.6. The molecule has 0 saturated heterocycles. The van der Waals surface area contributed by atoms with Crippen molar-refractivity contribution in [2.45, 2.75) is 9.96 Å². The molecule has 11 heteroatoms. The van der Waals surface area contributed by atoms with Gasteiger partial charge in [-0.15, -0.1) is 0 Å². The molecule has 0 spiro atoms. The van der Waals surface area contributed by atoms with Crippen LogP contribution in [0.5, 0.6) is 0 Å². The zero-order valence-corrected chi connectivity index (χ0v) is 18.7. The number of alkyl halides is 3. The SMILES string of the molecule is O=C(N[C@H](NC(=S)Nc1ccc2ccccc2c1)C(Cl)(Cl)Cl)c1ccccc1[N+](=O)[O-]. The summed E-state index contributed by atoms with van der Waals surface area (Å²) in [5, 5.41) is 21.4. The van der Waals surface area contributed by atoms with Gasteiger partial charge in [0, 0.05) is 11.8 Å². The molecule has 0 saturated carbocycles. The van der Waals surface area contributed by atoms with Crippen LogP contribution in [0.4, 0.5) is 11.4 Å². The summed E-state index contributed by atoms with van der Waals surface area (Å²) >= 11 is 23.3. The first kappa shape index (κ1) is 23.0. The molecule has 3 aromatic carbocycles. The van der Waals surface area contributed by atoms with Gasteiger partial charge in [0.1, 0.15) is 11.7 Å². The van der Waals surface area contributed by atoms with E-state index in [9.17, 15) is 14.9 Å². The minimum Gasteiger partial charge on any atom is -0.339 e. The molecular formula is C20H15Cl3N4O3S. The van der Waals surface area contributed by atoms with Crippen molar-refractivity contribution in [3.8, 4) is 0 Å². The lowest BCUT2D eigenvalue weighted by Gasteiger charge is -2.27. The third kappa shape index (κ3) is 5.95. The Bertz CT molecular complexity index is 1150. The maximum Gasteiger partial charge on any atom is 0.282 e. The molecule has 3 rings (SSSR count). The summed E-state index contributed by atoms with van der Waals surface area (Å²) in [6.45, 7) is 0. The molecule has 7 nitrogen and oxygen atoms in total. The number of nitro groups is 1. The van der Waals surface area contributed by atoms with Crippen molar-refractivity contribution in [3.63, 3.8) is 0 Å². The highest BCUT2D eigenvalue weighted by atomic mass is 35.6. The number of carbonyl (C=O) groups excluding carboxylic acids is 1. The van der Waals surface area contributed by atoms with E-state index in [1.165, 1.54) is 24.3 Å². The van der Waals surface area contributed by atoms with E-state index < -0.39 is 20.8 Å². The van der Waals surface area contributed by atoms with Gasteiger partial charge < -0.3 is 16.0 Å². The third-order valence-corrected chi connectivity index (χ3v) is 5.11. The number of nitrogens with zero attached hydrogens (tertiary/aromatic N) is 1. The molecule has 0 fully saturated rings. The van der Waals surface area contributed by atoms with Crippen LogP contribution in [-0.2, 0) is 0 Å². The molecule has 1 amide bonds. The smallest absolute Gasteiger partial charge is 0.282 e. The van der Waals surface area contributed by atoms with Gasteiger partial charge in [0.15, 0.2) is 5.11 Å². The topological polar surface area (TPSA) is 96.3 Å². The number of thiocarbonyl (C=S) groups is 1. The number of hydrogen-bond donors (Lipinski definition) is 3. The van der Waals surface area contributed by atoms with E-state index in [0.29, 0.717) is 5.69 Å². The van der Waals surface area contributed by atoms with Crippen LogP contribution in [0.15, 0.2) is 66.7 Å². The zero-order valence-electron chi connectivity index (χ0n) is 15.6. The molecule has 0 aliphatic carbocycles. The molecule has 0 bridgehead atoms. The van der Waals surface area contributed by atoms with Gasteiger partial charge >= 0.3 is 0 Å². The van der Waals surface area contributed by atoms with E-state index in [-0.39, 0.29) is 16.4 Å². The number of hydrogen-bond acceptors (Lipinski definition) is 4. The number of carbonyl (C=O) groups is 1. The quantitative estimate of drug-likeness (QED) is 0.148. The predicted octanol–water partition coefficient (Wildman–Crippen LogP) is 5.16. The number of amides is 1. The second kappa shape index (κ2) is 9.65. The van der Waals surface area contributed by atoms with Gasteiger partial charge in [0.25, 0.3) is 11.6 Å². The minimum absolute atomic E-state index is 0.0782. The molecule has 0 aliphatic rings. The molecule has 31 heavy (non-hydrogen) atoms. The number of halogens is 3. The first-order valence-electron chi connectivity index (χ1n) is 8.82. The Morgan fingerprint density at radius 3 is 2.29 bits per heavy atom. The second-order valence-electron chi connectivity index (χ2n) is 6.38. The van der Waals surface area contributed by atoms with Crippen LogP contribution in [0.1, 0.15) is 10.4 Å². The molecule has 0 aliphatic heterocycles. The maximum absolute atomic E-state index is 12.6. The fraction of sp³-hybridized carbons (Fsp3) is 0.100. The van der Waals surface area contributed by atoms with Crippen molar-refractivity contribution in [1.29, 1.82) is 0 Å². The summed E-state index contributed by atoms with van der Waals surface area (Å²) in [5.74, 6) is -0.801. The van der Waals surface area contributed by atoms with E-state index in [1.54, 1.807) is 0 Å². The van der Waals surface area contributed by atoms with Gasteiger partial charge in [-0.25, -0.2) is 0 Å². The van der Waals surface area contributed by atoms with Crippen LogP contribution >= 0.6 is 47.0 Å². The second-order valence-corrected chi connectivity index (χ2v) is 9.16. The van der Waals surface area contributed by atoms with Crippen LogP contribution in [0.3, 0.4) is 0 Å². The van der Waals surface area contributed by atoms with E-state index in [4.69, 9.17) is 47.0 Å². The number of para-hydroxylation sites is 1. The van der Waals surface area contributed by atoms with Crippen molar-refractivity contribution < 1.29 is 9.72 Å². The van der Waals surface area contributed by atoms with Gasteiger partial charge in [-0.2, -0.15) is 0 Å². The van der Waals surface area contributed by atoms with Crippen molar-refractivity contribution in [2.24, 2.45) is 0 Å². The van der Waals surface area contributed by atoms with Crippen LogP contribution in [0.2, 0.25) is 0 Å². The maximum atomic E-state index is 12.6. The number of rotatable bonds is 5. The fourth-order valence-corrected chi connectivity index (χ4v) is 3.36. The average molecular weight is 498 g/mol. The molecule has 0 heterocycles. The fourth-order valence-electron chi connectivity index (χ4n) is 2.80. The van der Waals surface area contributed by atoms with Gasteiger partial charge in [-0.05, 0) is 41.2 Å². The van der Waals surface area contributed by atoms with Gasteiger partial charge in [-0.1, -0.05) is 77.3 Å². The molecule has 1 atom stereocenters. The Balaban J connectivity index is 1.74. The molecule has 3 N–H and O–H groups in total. The van der Waals surface area contributed by atoms with Gasteiger partial charge in [0.2, 0.25) is 3.79 Å². The first-order valence-corrected chi connectivity index (χ1v) is 10.4. The first-order chi connectivity index (χ1) is 14.6. The average Bonchev–Trinajstić information content (AvgIpc) is 2.72. The molecular weight excluding hydrogens is 483 g/mol. The standard InChI is InChI=1S/C20H15Cl3N4O3S/c21-20(22,23)18(25-17(28)15-7-3-4-8-16(15)27(29)30)26-19(31)24-14-10-9-12-5-1-2-6-13(12)11-14/h1-11,18H,(H,25,28)(H2,24,26,31)/t18-/m1/s1. The summed E-state index contributed by atoms with van der Waals surface area (Å²) in [6, 6.07) is 18.9. The highest BCUT2D eigenvalue weighted by Gasteiger charge is 2.36. The predicted molar refractivity (Wildman–Crippen MR) is 128 cm³/mol. The normalized spacial score (nSPS) is 12.1. The summed E-state index contributed by atoms with van der Waals surface area (Å²) in [5.41, 5.74) is 0.131. The number of nitrogens with one attached hydrogen (secondary N) is 3. The van der Waals surface area contributed by atoms with Crippen LogP contribution < -0.4 is 16.0 Å². The highest BCUT2D eigenvalue weighted by Crippen LogP contribution is 2.30. The number of nitro benzene ring substituents is 1. The molecule has 0 unspecified atom stereocenters. The summed E-state index contributed by atoms with van der Waals surface area (Å²) < 4.78 is -2.01. The van der Waals surface area contributed by atoms with Crippen molar-refractivity contribution in [3.05, 3.63) is 82.4 Å². The minimum atomic E-state index is -2.01. The molecule has 160 valence electrons. The van der Waals surface area contributed by atoms with Crippen LogP contribution in [0, 0.1) is 10.1 Å². The summed E-state index contributed by atoms with van der Waals surface area (Å²) in [4.78, 5) is 23.1. The number of benzene rings is 3. The number of fused-ring (bicyclic) bond motifs is 1. The van der Waals surface area contributed by atoms with Gasteiger partial charge in [-0.3, -0.25) is 14.9 Å². The summed E-state index contributed by atoms with van der Waals surface area (Å²) in [7, 11) is 0. The van der Waals surface area contributed by atoms with E-state index in [2.05, 4.69) is 16.0 Å². The monoisotopic (exact) mass is 496 g/mol. The van der Waals surface area contributed by atoms with Crippen molar-refractivity contribution in [2.75, 3.05) is 5.32 Å². The Morgan fingerprint density at radius 1 is 0.968 bits per heavy atom. The third-order valence-electron chi connectivity index (χ3n) is 4.23. The Kier molecular flexibility index (Phi) is 7.17. The van der Waals surface area contributed by atoms with Crippen LogP contribution in [0.25, 0.3) is 10.8 Å². The van der Waals surface area contributed by atoms with Gasteiger partial charge in [0.05, 0.1) is 4.92 Å². The summed E-state index contributed by atoms with van der Waals surface area (Å²) in [6.07, 6.45) is -1.27. The number of anilines is 1. The van der Waals surface area contributed by atoms with E-state index in [1.807, 2.05) is 42.5 Å². The Hall–Kier alpha value is -2.65. The molecule has 0 radical (unpaired) electrons.